The minimum absolute atomic E-state index is 0.0842. The summed E-state index contributed by atoms with van der Waals surface area (Å²) in [5.41, 5.74) is 1.11. The maximum atomic E-state index is 11.2. The van der Waals surface area contributed by atoms with Crippen molar-refractivity contribution in [1.29, 1.82) is 0 Å². The first kappa shape index (κ1) is 9.21. The summed E-state index contributed by atoms with van der Waals surface area (Å²) < 4.78 is 5.46. The Hall–Kier alpha value is -1.35. The second kappa shape index (κ2) is 3.80. The standard InChI is InChI=1S/C11H13NO2/c1-12-7-10(11(12)13)14-8-9-5-3-2-4-6-9/h2-6,10H,7-8H2,1H3. The van der Waals surface area contributed by atoms with E-state index in [1.807, 2.05) is 30.3 Å². The minimum Gasteiger partial charge on any atom is -0.362 e. The molecule has 74 valence electrons. The van der Waals surface area contributed by atoms with Crippen molar-refractivity contribution >= 4 is 5.91 Å². The fourth-order valence-electron chi connectivity index (χ4n) is 1.45. The summed E-state index contributed by atoms with van der Waals surface area (Å²) in [4.78, 5) is 12.8. The Balaban J connectivity index is 1.82. The molecule has 1 aromatic carbocycles. The molecule has 1 saturated heterocycles. The van der Waals surface area contributed by atoms with E-state index in [2.05, 4.69) is 0 Å². The van der Waals surface area contributed by atoms with Crippen molar-refractivity contribution in [1.82, 2.24) is 4.90 Å². The number of rotatable bonds is 3. The third kappa shape index (κ3) is 1.77. The van der Waals surface area contributed by atoms with Gasteiger partial charge in [0.1, 0.15) is 0 Å². The van der Waals surface area contributed by atoms with Crippen LogP contribution in [0.2, 0.25) is 0 Å². The van der Waals surface area contributed by atoms with Gasteiger partial charge in [0.15, 0.2) is 6.10 Å². The van der Waals surface area contributed by atoms with Crippen molar-refractivity contribution in [2.45, 2.75) is 12.7 Å². The van der Waals surface area contributed by atoms with Crippen LogP contribution in [-0.4, -0.2) is 30.5 Å². The van der Waals surface area contributed by atoms with Crippen molar-refractivity contribution in [2.75, 3.05) is 13.6 Å². The molecule has 0 spiro atoms. The summed E-state index contributed by atoms with van der Waals surface area (Å²) in [6.45, 7) is 1.23. The Labute approximate surface area is 83.3 Å². The number of amides is 1. The average molecular weight is 191 g/mol. The van der Waals surface area contributed by atoms with Crippen LogP contribution < -0.4 is 0 Å². The van der Waals surface area contributed by atoms with E-state index >= 15 is 0 Å². The largest absolute Gasteiger partial charge is 0.362 e. The first-order chi connectivity index (χ1) is 6.77. The number of benzene rings is 1. The van der Waals surface area contributed by atoms with E-state index in [0.717, 1.165) is 5.56 Å². The Bertz CT molecular complexity index is 323. The van der Waals surface area contributed by atoms with Crippen LogP contribution >= 0.6 is 0 Å². The molecule has 0 saturated carbocycles. The topological polar surface area (TPSA) is 29.5 Å². The molecule has 2 rings (SSSR count). The molecule has 0 N–H and O–H groups in total. The molecule has 1 fully saturated rings. The molecule has 0 radical (unpaired) electrons. The van der Waals surface area contributed by atoms with Gasteiger partial charge in [0.25, 0.3) is 5.91 Å². The molecule has 3 heteroatoms. The summed E-state index contributed by atoms with van der Waals surface area (Å²) in [6.07, 6.45) is -0.222. The van der Waals surface area contributed by atoms with Crippen molar-refractivity contribution in [3.8, 4) is 0 Å². The second-order valence-corrected chi connectivity index (χ2v) is 3.50. The maximum absolute atomic E-state index is 11.2. The van der Waals surface area contributed by atoms with Crippen LogP contribution in [0.4, 0.5) is 0 Å². The highest BCUT2D eigenvalue weighted by atomic mass is 16.5. The van der Waals surface area contributed by atoms with Gasteiger partial charge in [-0.05, 0) is 5.56 Å². The highest BCUT2D eigenvalue weighted by molar-refractivity contribution is 5.86. The van der Waals surface area contributed by atoms with Gasteiger partial charge >= 0.3 is 0 Å². The van der Waals surface area contributed by atoms with Gasteiger partial charge in [0.2, 0.25) is 0 Å². The van der Waals surface area contributed by atoms with Crippen molar-refractivity contribution in [3.63, 3.8) is 0 Å². The number of hydrogen-bond acceptors (Lipinski definition) is 2. The summed E-state index contributed by atoms with van der Waals surface area (Å²) in [5, 5.41) is 0. The third-order valence-electron chi connectivity index (χ3n) is 2.39. The number of nitrogens with zero attached hydrogens (tertiary/aromatic N) is 1. The van der Waals surface area contributed by atoms with Gasteiger partial charge in [0, 0.05) is 7.05 Å². The predicted molar refractivity (Wildman–Crippen MR) is 52.7 cm³/mol. The monoisotopic (exact) mass is 191 g/mol. The Morgan fingerprint density at radius 3 is 2.71 bits per heavy atom. The van der Waals surface area contributed by atoms with E-state index in [1.165, 1.54) is 0 Å². The summed E-state index contributed by atoms with van der Waals surface area (Å²) in [7, 11) is 1.78. The molecule has 0 aromatic heterocycles. The van der Waals surface area contributed by atoms with Crippen LogP contribution in [0.5, 0.6) is 0 Å². The third-order valence-corrected chi connectivity index (χ3v) is 2.39. The lowest BCUT2D eigenvalue weighted by molar-refractivity contribution is -0.160. The summed E-state index contributed by atoms with van der Waals surface area (Å²) in [5.74, 6) is 0.0842. The van der Waals surface area contributed by atoms with E-state index in [4.69, 9.17) is 4.74 Å². The number of likely N-dealkylation sites (tertiary alicyclic amines) is 1. The number of ether oxygens (including phenoxy) is 1. The Kier molecular flexibility index (Phi) is 2.50. The Morgan fingerprint density at radius 1 is 1.43 bits per heavy atom. The van der Waals surface area contributed by atoms with Crippen LogP contribution in [0.15, 0.2) is 30.3 Å². The fourth-order valence-corrected chi connectivity index (χ4v) is 1.45. The van der Waals surface area contributed by atoms with E-state index < -0.39 is 0 Å². The SMILES string of the molecule is CN1CC(OCc2ccccc2)C1=O. The van der Waals surface area contributed by atoms with Crippen LogP contribution in [-0.2, 0) is 16.1 Å². The van der Waals surface area contributed by atoms with Crippen LogP contribution in [0.25, 0.3) is 0 Å². The zero-order chi connectivity index (χ0) is 9.97. The molecule has 0 bridgehead atoms. The number of carbonyl (C=O) groups is 1. The number of carbonyl (C=O) groups excluding carboxylic acids is 1. The van der Waals surface area contributed by atoms with Gasteiger partial charge in [-0.15, -0.1) is 0 Å². The van der Waals surface area contributed by atoms with E-state index in [0.29, 0.717) is 13.2 Å². The lowest BCUT2D eigenvalue weighted by Crippen LogP contribution is -2.55. The summed E-state index contributed by atoms with van der Waals surface area (Å²) in [6, 6.07) is 9.88. The first-order valence-corrected chi connectivity index (χ1v) is 4.68. The number of β-lactam (4-membered cyclic amide) rings is 1. The molecule has 3 nitrogen and oxygen atoms in total. The molecular weight excluding hydrogens is 178 g/mol. The van der Waals surface area contributed by atoms with Gasteiger partial charge in [-0.3, -0.25) is 4.79 Å². The minimum atomic E-state index is -0.222. The number of hydrogen-bond donors (Lipinski definition) is 0. The molecule has 0 aliphatic carbocycles. The van der Waals surface area contributed by atoms with E-state index in [-0.39, 0.29) is 12.0 Å². The van der Waals surface area contributed by atoms with Gasteiger partial charge in [-0.2, -0.15) is 0 Å². The molecule has 1 amide bonds. The van der Waals surface area contributed by atoms with E-state index in [9.17, 15) is 4.79 Å². The van der Waals surface area contributed by atoms with Gasteiger partial charge < -0.3 is 9.64 Å². The highest BCUT2D eigenvalue weighted by Gasteiger charge is 2.34. The number of likely N-dealkylation sites (N-methyl/N-ethyl adjacent to an activating group) is 1. The fraction of sp³-hybridized carbons (Fsp3) is 0.364. The van der Waals surface area contributed by atoms with Gasteiger partial charge in [-0.25, -0.2) is 0 Å². The van der Waals surface area contributed by atoms with Crippen molar-refractivity contribution < 1.29 is 9.53 Å². The molecule has 1 aliphatic heterocycles. The maximum Gasteiger partial charge on any atom is 0.253 e. The normalized spacial score (nSPS) is 20.8. The molecular formula is C11H13NO2. The quantitative estimate of drug-likeness (QED) is 0.668. The van der Waals surface area contributed by atoms with Crippen molar-refractivity contribution in [3.05, 3.63) is 35.9 Å². The summed E-state index contributed by atoms with van der Waals surface area (Å²) >= 11 is 0. The molecule has 1 heterocycles. The van der Waals surface area contributed by atoms with E-state index in [1.54, 1.807) is 11.9 Å². The lowest BCUT2D eigenvalue weighted by atomic mass is 10.1. The highest BCUT2D eigenvalue weighted by Crippen LogP contribution is 2.13. The van der Waals surface area contributed by atoms with Gasteiger partial charge in [0.05, 0.1) is 13.2 Å². The predicted octanol–water partition coefficient (Wildman–Crippen LogP) is 1.04. The molecule has 1 atom stereocenters. The van der Waals surface area contributed by atoms with Crippen LogP contribution in [0.1, 0.15) is 5.56 Å². The lowest BCUT2D eigenvalue weighted by Gasteiger charge is -2.34. The average Bonchev–Trinajstić information content (AvgIpc) is 2.25. The second-order valence-electron chi connectivity index (χ2n) is 3.50. The molecule has 1 unspecified atom stereocenters. The molecule has 1 aliphatic rings. The zero-order valence-corrected chi connectivity index (χ0v) is 8.14. The molecule has 1 aromatic rings. The van der Waals surface area contributed by atoms with Gasteiger partial charge in [-0.1, -0.05) is 30.3 Å². The molecule has 14 heavy (non-hydrogen) atoms. The van der Waals surface area contributed by atoms with Crippen molar-refractivity contribution in [2.24, 2.45) is 0 Å². The van der Waals surface area contributed by atoms with Crippen LogP contribution in [0.3, 0.4) is 0 Å². The first-order valence-electron chi connectivity index (χ1n) is 4.68. The Morgan fingerprint density at radius 2 is 2.14 bits per heavy atom. The zero-order valence-electron chi connectivity index (χ0n) is 8.14. The smallest absolute Gasteiger partial charge is 0.253 e. The van der Waals surface area contributed by atoms with Crippen LogP contribution in [0, 0.1) is 0 Å².